The van der Waals surface area contributed by atoms with Gasteiger partial charge in [-0.05, 0) is 83.5 Å². The summed E-state index contributed by atoms with van der Waals surface area (Å²) in [7, 11) is 0. The van der Waals surface area contributed by atoms with Crippen LogP contribution in [0.15, 0.2) is 97.2 Å². The molecule has 0 N–H and O–H groups in total. The van der Waals surface area contributed by atoms with Gasteiger partial charge in [-0.15, -0.1) is 0 Å². The Bertz CT molecular complexity index is 1300. The average Bonchev–Trinajstić information content (AvgIpc) is 3.29. The molecular weight excluding hydrogens is 793 g/mol. The molecule has 0 aliphatic heterocycles. The van der Waals surface area contributed by atoms with E-state index in [9.17, 15) is 14.4 Å². The van der Waals surface area contributed by atoms with Gasteiger partial charge in [0.1, 0.15) is 13.2 Å². The highest BCUT2D eigenvalue weighted by Gasteiger charge is 2.19. The van der Waals surface area contributed by atoms with Gasteiger partial charge in [-0.3, -0.25) is 14.4 Å². The van der Waals surface area contributed by atoms with Crippen molar-refractivity contribution in [3.63, 3.8) is 0 Å². The molecule has 0 radical (unpaired) electrons. The summed E-state index contributed by atoms with van der Waals surface area (Å²) < 4.78 is 16.8. The van der Waals surface area contributed by atoms with Crippen LogP contribution in [0.4, 0.5) is 0 Å². The van der Waals surface area contributed by atoms with E-state index >= 15 is 0 Å². The summed E-state index contributed by atoms with van der Waals surface area (Å²) in [6, 6.07) is 0. The number of hydrogen-bond acceptors (Lipinski definition) is 6. The fourth-order valence-electron chi connectivity index (χ4n) is 7.04. The normalized spacial score (nSPS) is 12.9. The molecule has 0 rings (SSSR count). The minimum absolute atomic E-state index is 0.101. The first-order chi connectivity index (χ1) is 31.5. The Kier molecular flexibility index (Phi) is 49.0. The summed E-state index contributed by atoms with van der Waals surface area (Å²) in [5.41, 5.74) is 0. The Labute approximate surface area is 394 Å². The van der Waals surface area contributed by atoms with Crippen LogP contribution in [0.3, 0.4) is 0 Å². The smallest absolute Gasteiger partial charge is 0.306 e. The summed E-state index contributed by atoms with van der Waals surface area (Å²) in [6.45, 7) is 6.31. The number of esters is 3. The Hall–Kier alpha value is -3.67. The summed E-state index contributed by atoms with van der Waals surface area (Å²) >= 11 is 0. The number of carbonyl (C=O) groups is 3. The summed E-state index contributed by atoms with van der Waals surface area (Å²) in [4.78, 5) is 38.0. The van der Waals surface area contributed by atoms with Gasteiger partial charge in [0, 0.05) is 19.3 Å². The first-order valence-corrected chi connectivity index (χ1v) is 26.3. The van der Waals surface area contributed by atoms with E-state index in [0.717, 1.165) is 96.3 Å². The third kappa shape index (κ3) is 49.3. The summed E-state index contributed by atoms with van der Waals surface area (Å²) in [6.07, 6.45) is 68.2. The van der Waals surface area contributed by atoms with Crippen LogP contribution in [0.2, 0.25) is 0 Å². The number of ether oxygens (including phenoxy) is 3. The van der Waals surface area contributed by atoms with Crippen molar-refractivity contribution in [3.8, 4) is 0 Å². The van der Waals surface area contributed by atoms with Crippen LogP contribution in [0, 0.1) is 0 Å². The standard InChI is InChI=1S/C58H96O6/c1-4-7-10-13-16-19-22-25-27-28-29-31-33-36-39-42-45-48-51-57(60)63-54-55(53-62-56(59)50-47-44-41-38-35-32-24-21-18-15-12-9-6-3)64-58(61)52-49-46-43-40-37-34-30-26-23-20-17-14-11-8-5-2/h8-9,11-12,14-15,17-18,20-21,23-24,29,31-32,35,55H,4-7,10,13,16,19,22,25-28,30,33-34,36-54H2,1-3H3/b11-8+,12-9+,17-14+,18-15+,23-20+,24-21+,31-29+,35-32+. The molecule has 0 aromatic rings. The maximum atomic E-state index is 12.8. The third-order valence-corrected chi connectivity index (χ3v) is 11.0. The number of hydrogen-bond donors (Lipinski definition) is 0. The lowest BCUT2D eigenvalue weighted by molar-refractivity contribution is -0.167. The number of rotatable bonds is 46. The number of carbonyl (C=O) groups excluding carboxylic acids is 3. The molecule has 0 heterocycles. The molecule has 64 heavy (non-hydrogen) atoms. The van der Waals surface area contributed by atoms with E-state index in [0.29, 0.717) is 19.3 Å². The fraction of sp³-hybridized carbons (Fsp3) is 0.672. The van der Waals surface area contributed by atoms with Crippen LogP contribution in [0.1, 0.15) is 233 Å². The van der Waals surface area contributed by atoms with Gasteiger partial charge in [0.05, 0.1) is 0 Å². The Morgan fingerprint density at radius 1 is 0.328 bits per heavy atom. The van der Waals surface area contributed by atoms with Crippen LogP contribution in [0.25, 0.3) is 0 Å². The molecule has 0 aliphatic carbocycles. The van der Waals surface area contributed by atoms with Crippen molar-refractivity contribution < 1.29 is 28.6 Å². The Morgan fingerprint density at radius 3 is 1.02 bits per heavy atom. The molecule has 6 heteroatoms. The van der Waals surface area contributed by atoms with Crippen LogP contribution < -0.4 is 0 Å². The molecule has 0 aromatic carbocycles. The van der Waals surface area contributed by atoms with Crippen molar-refractivity contribution in [1.82, 2.24) is 0 Å². The minimum atomic E-state index is -0.804. The lowest BCUT2D eigenvalue weighted by Crippen LogP contribution is -2.30. The van der Waals surface area contributed by atoms with E-state index in [1.807, 2.05) is 36.5 Å². The lowest BCUT2D eigenvalue weighted by Gasteiger charge is -2.18. The maximum Gasteiger partial charge on any atom is 0.306 e. The van der Waals surface area contributed by atoms with Crippen molar-refractivity contribution in [3.05, 3.63) is 97.2 Å². The summed E-state index contributed by atoms with van der Waals surface area (Å²) in [5, 5.41) is 0. The topological polar surface area (TPSA) is 78.9 Å². The van der Waals surface area contributed by atoms with E-state index in [1.54, 1.807) is 0 Å². The van der Waals surface area contributed by atoms with E-state index < -0.39 is 6.10 Å². The van der Waals surface area contributed by atoms with Crippen LogP contribution >= 0.6 is 0 Å². The van der Waals surface area contributed by atoms with Gasteiger partial charge < -0.3 is 14.2 Å². The van der Waals surface area contributed by atoms with Crippen LogP contribution in [0.5, 0.6) is 0 Å². The molecule has 0 aromatic heterocycles. The molecule has 364 valence electrons. The molecular formula is C58H96O6. The molecule has 0 spiro atoms. The van der Waals surface area contributed by atoms with Crippen molar-refractivity contribution >= 4 is 17.9 Å². The van der Waals surface area contributed by atoms with Gasteiger partial charge in [-0.25, -0.2) is 0 Å². The first-order valence-electron chi connectivity index (χ1n) is 26.3. The molecule has 0 saturated carbocycles. The van der Waals surface area contributed by atoms with Crippen molar-refractivity contribution in [1.29, 1.82) is 0 Å². The second kappa shape index (κ2) is 52.0. The molecule has 0 bridgehead atoms. The summed E-state index contributed by atoms with van der Waals surface area (Å²) in [5.74, 6) is -0.963. The second-order valence-electron chi connectivity index (χ2n) is 17.2. The van der Waals surface area contributed by atoms with Crippen molar-refractivity contribution in [2.24, 2.45) is 0 Å². The van der Waals surface area contributed by atoms with Crippen LogP contribution in [-0.2, 0) is 28.6 Å². The highest BCUT2D eigenvalue weighted by Crippen LogP contribution is 2.14. The number of unbranched alkanes of at least 4 members (excludes halogenated alkanes) is 24. The van der Waals surface area contributed by atoms with Gasteiger partial charge >= 0.3 is 17.9 Å². The fourth-order valence-corrected chi connectivity index (χ4v) is 7.04. The van der Waals surface area contributed by atoms with E-state index in [1.165, 1.54) is 96.3 Å². The SMILES string of the molecule is CC/C=C/C=C/C=C/C=C/CCCCCC(=O)OCC(COC(=O)CCCCCCC/C=C/CCCCCCCCCCC)OC(=O)CCCCCCCCC/C=C/C=C/C=C/CC. The Balaban J connectivity index is 4.45. The molecule has 0 fully saturated rings. The zero-order chi connectivity index (χ0) is 46.5. The van der Waals surface area contributed by atoms with E-state index in [2.05, 4.69) is 81.5 Å². The molecule has 6 nitrogen and oxygen atoms in total. The van der Waals surface area contributed by atoms with E-state index in [4.69, 9.17) is 14.2 Å². The van der Waals surface area contributed by atoms with E-state index in [-0.39, 0.29) is 31.1 Å². The van der Waals surface area contributed by atoms with Gasteiger partial charge in [-0.1, -0.05) is 227 Å². The highest BCUT2D eigenvalue weighted by atomic mass is 16.6. The molecule has 0 aliphatic rings. The van der Waals surface area contributed by atoms with Crippen LogP contribution in [-0.4, -0.2) is 37.2 Å². The molecule has 0 saturated heterocycles. The van der Waals surface area contributed by atoms with Gasteiger partial charge in [-0.2, -0.15) is 0 Å². The first kappa shape index (κ1) is 60.3. The largest absolute Gasteiger partial charge is 0.462 e. The zero-order valence-corrected chi connectivity index (χ0v) is 41.5. The van der Waals surface area contributed by atoms with Gasteiger partial charge in [0.15, 0.2) is 6.10 Å². The zero-order valence-electron chi connectivity index (χ0n) is 41.5. The monoisotopic (exact) mass is 889 g/mol. The predicted molar refractivity (Wildman–Crippen MR) is 274 cm³/mol. The van der Waals surface area contributed by atoms with Gasteiger partial charge in [0.2, 0.25) is 0 Å². The lowest BCUT2D eigenvalue weighted by atomic mass is 10.1. The average molecular weight is 889 g/mol. The Morgan fingerprint density at radius 2 is 0.625 bits per heavy atom. The maximum absolute atomic E-state index is 12.8. The van der Waals surface area contributed by atoms with Crippen molar-refractivity contribution in [2.75, 3.05) is 13.2 Å². The molecule has 1 atom stereocenters. The second-order valence-corrected chi connectivity index (χ2v) is 17.2. The predicted octanol–water partition coefficient (Wildman–Crippen LogP) is 17.4. The van der Waals surface area contributed by atoms with Gasteiger partial charge in [0.25, 0.3) is 0 Å². The minimum Gasteiger partial charge on any atom is -0.462 e. The molecule has 1 unspecified atom stereocenters. The quantitative estimate of drug-likeness (QED) is 0.0199. The van der Waals surface area contributed by atoms with Crippen molar-refractivity contribution in [2.45, 2.75) is 239 Å². The third-order valence-electron chi connectivity index (χ3n) is 11.0. The highest BCUT2D eigenvalue weighted by molar-refractivity contribution is 5.71. The molecule has 0 amide bonds. The number of allylic oxidation sites excluding steroid dienone is 16.